The van der Waals surface area contributed by atoms with Crippen LogP contribution in [0.1, 0.15) is 74.1 Å². The molecule has 0 aromatic carbocycles. The summed E-state index contributed by atoms with van der Waals surface area (Å²) in [4.78, 5) is 20.8. The number of allylic oxidation sites excluding steroid dienone is 5. The van der Waals surface area contributed by atoms with Crippen LogP contribution in [0.15, 0.2) is 34.9 Å². The molecule has 0 aromatic heterocycles. The summed E-state index contributed by atoms with van der Waals surface area (Å²) in [7, 11) is 1.73. The number of rotatable bonds is 10. The molecular weight excluding hydrogens is 370 g/mol. The average molecular weight is 412 g/mol. The van der Waals surface area contributed by atoms with Crippen LogP contribution in [-0.2, 0) is 14.3 Å². The zero-order chi connectivity index (χ0) is 22.9. The molecule has 0 fully saturated rings. The molecule has 0 unspecified atom stereocenters. The molecule has 0 spiro atoms. The minimum atomic E-state index is -1.10. The normalized spacial score (nSPS) is 11.9. The average Bonchev–Trinajstić information content (AvgIpc) is 2.57. The van der Waals surface area contributed by atoms with Gasteiger partial charge in [-0.1, -0.05) is 34.9 Å². The number of carboxylic acid groups (broad SMARTS) is 1. The van der Waals surface area contributed by atoms with Crippen LogP contribution in [0.5, 0.6) is 0 Å². The van der Waals surface area contributed by atoms with Gasteiger partial charge in [0.05, 0.1) is 6.61 Å². The SMILES string of the molecule is CC(C)(C)OC(=O)NCC(=O)O.COC/C=C(\C)CC/C=C(\C)CCC=C(C)C. The minimum Gasteiger partial charge on any atom is -0.480 e. The molecule has 6 heteroatoms. The summed E-state index contributed by atoms with van der Waals surface area (Å²) in [6, 6.07) is 0. The standard InChI is InChI=1S/C16H28O.C7H13NO4/c1-14(2)8-6-9-15(3)10-7-11-16(4)12-13-17-5;1-7(2,3)12-6(11)8-4-5(9)10/h8,10,12H,6-7,9,11,13H2,1-5H3;4H2,1-3H3,(H,8,11)(H,9,10)/b15-10+,16-12+;. The number of methoxy groups -OCH3 is 1. The highest BCUT2D eigenvalue weighted by molar-refractivity contribution is 5.76. The van der Waals surface area contributed by atoms with Crippen molar-refractivity contribution in [3.05, 3.63) is 34.9 Å². The van der Waals surface area contributed by atoms with Crippen LogP contribution in [-0.4, -0.2) is 43.0 Å². The van der Waals surface area contributed by atoms with Gasteiger partial charge in [-0.05, 0) is 74.1 Å². The van der Waals surface area contributed by atoms with E-state index in [1.807, 2.05) is 0 Å². The predicted octanol–water partition coefficient (Wildman–Crippen LogP) is 5.65. The first-order chi connectivity index (χ1) is 13.4. The second kappa shape index (κ2) is 16.8. The van der Waals surface area contributed by atoms with Gasteiger partial charge in [0.2, 0.25) is 0 Å². The van der Waals surface area contributed by atoms with Gasteiger partial charge in [-0.25, -0.2) is 4.79 Å². The minimum absolute atomic E-state index is 0.422. The number of nitrogens with one attached hydrogen (secondary N) is 1. The summed E-state index contributed by atoms with van der Waals surface area (Å²) in [6.45, 7) is 14.1. The van der Waals surface area contributed by atoms with Crippen molar-refractivity contribution in [1.29, 1.82) is 0 Å². The fourth-order valence-corrected chi connectivity index (χ4v) is 2.03. The molecule has 0 radical (unpaired) electrons. The number of ether oxygens (including phenoxy) is 2. The lowest BCUT2D eigenvalue weighted by Crippen LogP contribution is -2.35. The molecule has 2 N–H and O–H groups in total. The molecule has 0 heterocycles. The van der Waals surface area contributed by atoms with E-state index < -0.39 is 24.2 Å². The molecule has 0 saturated heterocycles. The molecular formula is C23H41NO5. The van der Waals surface area contributed by atoms with Crippen molar-refractivity contribution in [2.24, 2.45) is 0 Å². The number of carbonyl (C=O) groups is 2. The van der Waals surface area contributed by atoms with Gasteiger partial charge in [0.1, 0.15) is 12.1 Å². The molecule has 168 valence electrons. The number of carbonyl (C=O) groups excluding carboxylic acids is 1. The van der Waals surface area contributed by atoms with Crippen LogP contribution in [0.3, 0.4) is 0 Å². The Morgan fingerprint density at radius 1 is 0.931 bits per heavy atom. The van der Waals surface area contributed by atoms with Gasteiger partial charge in [0.15, 0.2) is 0 Å². The third-order valence-electron chi connectivity index (χ3n) is 3.50. The van der Waals surface area contributed by atoms with E-state index in [4.69, 9.17) is 14.6 Å². The number of hydrogen-bond donors (Lipinski definition) is 2. The largest absolute Gasteiger partial charge is 0.480 e. The van der Waals surface area contributed by atoms with E-state index in [-0.39, 0.29) is 0 Å². The van der Waals surface area contributed by atoms with Gasteiger partial charge >= 0.3 is 12.1 Å². The molecule has 0 aliphatic heterocycles. The van der Waals surface area contributed by atoms with Gasteiger partial charge in [0.25, 0.3) is 0 Å². The van der Waals surface area contributed by atoms with Crippen molar-refractivity contribution in [1.82, 2.24) is 5.32 Å². The molecule has 29 heavy (non-hydrogen) atoms. The smallest absolute Gasteiger partial charge is 0.408 e. The Bertz CT molecular complexity index is 564. The second-order valence-electron chi connectivity index (χ2n) is 8.16. The maximum atomic E-state index is 10.8. The maximum Gasteiger partial charge on any atom is 0.408 e. The third-order valence-corrected chi connectivity index (χ3v) is 3.50. The van der Waals surface area contributed by atoms with E-state index in [0.29, 0.717) is 0 Å². The highest BCUT2D eigenvalue weighted by atomic mass is 16.6. The highest BCUT2D eigenvalue weighted by Crippen LogP contribution is 2.11. The molecule has 0 bridgehead atoms. The van der Waals surface area contributed by atoms with Gasteiger partial charge < -0.3 is 19.9 Å². The number of alkyl carbamates (subject to hydrolysis) is 1. The first-order valence-electron chi connectivity index (χ1n) is 9.99. The third kappa shape index (κ3) is 25.9. The van der Waals surface area contributed by atoms with Crippen molar-refractivity contribution in [3.8, 4) is 0 Å². The van der Waals surface area contributed by atoms with Crippen molar-refractivity contribution >= 4 is 12.1 Å². The lowest BCUT2D eigenvalue weighted by Gasteiger charge is -2.19. The van der Waals surface area contributed by atoms with Crippen molar-refractivity contribution in [2.45, 2.75) is 79.8 Å². The van der Waals surface area contributed by atoms with Gasteiger partial charge in [-0.2, -0.15) is 0 Å². The fourth-order valence-electron chi connectivity index (χ4n) is 2.03. The van der Waals surface area contributed by atoms with E-state index in [1.54, 1.807) is 27.9 Å². The molecule has 6 nitrogen and oxygen atoms in total. The van der Waals surface area contributed by atoms with E-state index in [0.717, 1.165) is 19.4 Å². The van der Waals surface area contributed by atoms with E-state index >= 15 is 0 Å². The quantitative estimate of drug-likeness (QED) is 0.454. The van der Waals surface area contributed by atoms with Crippen LogP contribution < -0.4 is 5.32 Å². The van der Waals surface area contributed by atoms with E-state index in [9.17, 15) is 9.59 Å². The Kier molecular flexibility index (Phi) is 16.9. The number of aliphatic carboxylic acids is 1. The Labute approximate surface area is 177 Å². The first-order valence-corrected chi connectivity index (χ1v) is 9.99. The van der Waals surface area contributed by atoms with Crippen LogP contribution in [0.2, 0.25) is 0 Å². The summed E-state index contributed by atoms with van der Waals surface area (Å²) < 4.78 is 9.79. The van der Waals surface area contributed by atoms with Gasteiger partial charge in [0, 0.05) is 7.11 Å². The number of amides is 1. The summed E-state index contributed by atoms with van der Waals surface area (Å²) in [5, 5.41) is 10.3. The van der Waals surface area contributed by atoms with Crippen molar-refractivity contribution in [3.63, 3.8) is 0 Å². The first kappa shape index (κ1) is 29.1. The second-order valence-corrected chi connectivity index (χ2v) is 8.16. The predicted molar refractivity (Wildman–Crippen MR) is 119 cm³/mol. The zero-order valence-electron chi connectivity index (χ0n) is 19.6. The van der Waals surface area contributed by atoms with Crippen LogP contribution in [0, 0.1) is 0 Å². The Morgan fingerprint density at radius 3 is 1.90 bits per heavy atom. The maximum absolute atomic E-state index is 10.8. The van der Waals surface area contributed by atoms with Crippen molar-refractivity contribution < 1.29 is 24.2 Å². The monoisotopic (exact) mass is 411 g/mol. The molecule has 0 rings (SSSR count). The molecule has 0 aliphatic rings. The summed E-state index contributed by atoms with van der Waals surface area (Å²) in [5.41, 5.74) is 3.74. The molecule has 0 aromatic rings. The fraction of sp³-hybridized carbons (Fsp3) is 0.652. The molecule has 0 atom stereocenters. The lowest BCUT2D eigenvalue weighted by molar-refractivity contribution is -0.136. The lowest BCUT2D eigenvalue weighted by atomic mass is 10.1. The highest BCUT2D eigenvalue weighted by Gasteiger charge is 2.16. The zero-order valence-corrected chi connectivity index (χ0v) is 19.6. The van der Waals surface area contributed by atoms with Crippen LogP contribution in [0.25, 0.3) is 0 Å². The Balaban J connectivity index is 0. The molecule has 0 saturated carbocycles. The van der Waals surface area contributed by atoms with Crippen molar-refractivity contribution in [2.75, 3.05) is 20.3 Å². The summed E-state index contributed by atoms with van der Waals surface area (Å²) in [5.74, 6) is -1.10. The van der Waals surface area contributed by atoms with Gasteiger partial charge in [-0.15, -0.1) is 0 Å². The Morgan fingerprint density at radius 2 is 1.45 bits per heavy atom. The van der Waals surface area contributed by atoms with Crippen LogP contribution >= 0.6 is 0 Å². The molecule has 1 amide bonds. The summed E-state index contributed by atoms with van der Waals surface area (Å²) >= 11 is 0. The van der Waals surface area contributed by atoms with E-state index in [2.05, 4.69) is 51.2 Å². The Hall–Kier alpha value is -2.08. The number of hydrogen-bond acceptors (Lipinski definition) is 4. The van der Waals surface area contributed by atoms with Crippen LogP contribution in [0.4, 0.5) is 4.79 Å². The summed E-state index contributed by atoms with van der Waals surface area (Å²) in [6.07, 6.45) is 10.8. The number of carboxylic acids is 1. The molecule has 0 aliphatic carbocycles. The van der Waals surface area contributed by atoms with Gasteiger partial charge in [-0.3, -0.25) is 4.79 Å². The topological polar surface area (TPSA) is 84.9 Å². The van der Waals surface area contributed by atoms with E-state index in [1.165, 1.54) is 29.6 Å².